The highest BCUT2D eigenvalue weighted by Gasteiger charge is 2.18. The molecule has 0 saturated carbocycles. The molecule has 1 saturated heterocycles. The Kier molecular flexibility index (Phi) is 3.43. The molecule has 2 heterocycles. The smallest absolute Gasteiger partial charge is 0.0572 e. The normalized spacial score (nSPS) is 20.6. The quantitative estimate of drug-likeness (QED) is 0.741. The van der Waals surface area contributed by atoms with Gasteiger partial charge in [-0.05, 0) is 19.1 Å². The Bertz CT molecular complexity index is 270. The average Bonchev–Trinajstić information content (AvgIpc) is 2.30. The number of nitrogens with zero attached hydrogens (tertiary/aromatic N) is 2. The molecule has 0 aliphatic carbocycles. The van der Waals surface area contributed by atoms with E-state index in [0.29, 0.717) is 6.04 Å². The summed E-state index contributed by atoms with van der Waals surface area (Å²) in [4.78, 5) is 6.92. The predicted molar refractivity (Wildman–Crippen MR) is 61.6 cm³/mol. The van der Waals surface area contributed by atoms with Crippen molar-refractivity contribution in [2.45, 2.75) is 13.0 Å². The van der Waals surface area contributed by atoms with E-state index >= 15 is 0 Å². The summed E-state index contributed by atoms with van der Waals surface area (Å²) in [7, 11) is 0. The average molecular weight is 208 g/mol. The summed E-state index contributed by atoms with van der Waals surface area (Å²) in [6.07, 6.45) is 1.88. The Morgan fingerprint density at radius 2 is 2.14 bits per heavy atom. The lowest BCUT2D eigenvalue weighted by atomic mass is 10.2. The first-order valence-corrected chi connectivity index (χ1v) is 6.26. The molecule has 1 aromatic rings. The van der Waals surface area contributed by atoms with Gasteiger partial charge in [0.25, 0.3) is 0 Å². The molecule has 0 amide bonds. The summed E-state index contributed by atoms with van der Waals surface area (Å²) in [5, 5.41) is 0. The first kappa shape index (κ1) is 9.99. The molecule has 1 atom stereocenters. The van der Waals surface area contributed by atoms with Crippen LogP contribution in [0.2, 0.25) is 0 Å². The Morgan fingerprint density at radius 3 is 2.79 bits per heavy atom. The number of thioether (sulfide) groups is 1. The van der Waals surface area contributed by atoms with Crippen LogP contribution in [0.25, 0.3) is 0 Å². The topological polar surface area (TPSA) is 16.1 Å². The maximum absolute atomic E-state index is 4.41. The Hall–Kier alpha value is -0.540. The molecule has 1 aromatic heterocycles. The highest BCUT2D eigenvalue weighted by molar-refractivity contribution is 7.99. The number of hydrogen-bond acceptors (Lipinski definition) is 3. The van der Waals surface area contributed by atoms with Gasteiger partial charge in [-0.3, -0.25) is 9.88 Å². The van der Waals surface area contributed by atoms with Crippen molar-refractivity contribution in [2.24, 2.45) is 0 Å². The Labute approximate surface area is 89.7 Å². The SMILES string of the molecule is CC(c1ccccn1)N1CCSCC1. The summed E-state index contributed by atoms with van der Waals surface area (Å²) in [5.41, 5.74) is 1.19. The van der Waals surface area contributed by atoms with Crippen molar-refractivity contribution >= 4 is 11.8 Å². The minimum Gasteiger partial charge on any atom is -0.293 e. The van der Waals surface area contributed by atoms with Gasteiger partial charge in [0.05, 0.1) is 5.69 Å². The zero-order chi connectivity index (χ0) is 9.80. The van der Waals surface area contributed by atoms with Crippen molar-refractivity contribution in [2.75, 3.05) is 24.6 Å². The number of pyridine rings is 1. The highest BCUT2D eigenvalue weighted by atomic mass is 32.2. The Morgan fingerprint density at radius 1 is 1.36 bits per heavy atom. The minimum atomic E-state index is 0.470. The molecule has 0 aromatic carbocycles. The van der Waals surface area contributed by atoms with Crippen molar-refractivity contribution in [3.05, 3.63) is 30.1 Å². The molecule has 2 rings (SSSR count). The van der Waals surface area contributed by atoms with Gasteiger partial charge in [0, 0.05) is 36.8 Å². The van der Waals surface area contributed by atoms with E-state index in [4.69, 9.17) is 0 Å². The van der Waals surface area contributed by atoms with Gasteiger partial charge in [-0.1, -0.05) is 6.07 Å². The summed E-state index contributed by atoms with van der Waals surface area (Å²) in [5.74, 6) is 2.52. The minimum absolute atomic E-state index is 0.470. The summed E-state index contributed by atoms with van der Waals surface area (Å²) >= 11 is 2.05. The number of hydrogen-bond donors (Lipinski definition) is 0. The van der Waals surface area contributed by atoms with Crippen LogP contribution < -0.4 is 0 Å². The van der Waals surface area contributed by atoms with Gasteiger partial charge in [0.2, 0.25) is 0 Å². The van der Waals surface area contributed by atoms with E-state index in [9.17, 15) is 0 Å². The molecule has 14 heavy (non-hydrogen) atoms. The lowest BCUT2D eigenvalue weighted by Gasteiger charge is -2.31. The zero-order valence-corrected chi connectivity index (χ0v) is 9.33. The van der Waals surface area contributed by atoms with Crippen LogP contribution in [0.1, 0.15) is 18.7 Å². The predicted octanol–water partition coefficient (Wildman–Crippen LogP) is 2.19. The largest absolute Gasteiger partial charge is 0.293 e. The van der Waals surface area contributed by atoms with Crippen LogP contribution in [0.15, 0.2) is 24.4 Å². The molecule has 0 N–H and O–H groups in total. The first-order chi connectivity index (χ1) is 6.88. The van der Waals surface area contributed by atoms with E-state index in [1.165, 1.54) is 30.3 Å². The third-order valence-electron chi connectivity index (χ3n) is 2.71. The van der Waals surface area contributed by atoms with Crippen LogP contribution in [0.5, 0.6) is 0 Å². The monoisotopic (exact) mass is 208 g/mol. The summed E-state index contributed by atoms with van der Waals surface area (Å²) < 4.78 is 0. The molecule has 76 valence electrons. The second-order valence-electron chi connectivity index (χ2n) is 3.58. The maximum Gasteiger partial charge on any atom is 0.0572 e. The molecule has 0 radical (unpaired) electrons. The highest BCUT2D eigenvalue weighted by Crippen LogP contribution is 2.21. The second kappa shape index (κ2) is 4.80. The van der Waals surface area contributed by atoms with Gasteiger partial charge < -0.3 is 0 Å². The van der Waals surface area contributed by atoms with Crippen LogP contribution in [-0.2, 0) is 0 Å². The molecular formula is C11H16N2S. The van der Waals surface area contributed by atoms with Gasteiger partial charge in [0.1, 0.15) is 0 Å². The van der Waals surface area contributed by atoms with Crippen molar-refractivity contribution < 1.29 is 0 Å². The van der Waals surface area contributed by atoms with Crippen LogP contribution in [-0.4, -0.2) is 34.5 Å². The second-order valence-corrected chi connectivity index (χ2v) is 4.80. The number of rotatable bonds is 2. The third kappa shape index (κ3) is 2.28. The molecule has 1 unspecified atom stereocenters. The molecule has 0 spiro atoms. The molecule has 1 aliphatic heterocycles. The molecule has 1 aliphatic rings. The maximum atomic E-state index is 4.41. The van der Waals surface area contributed by atoms with Crippen LogP contribution in [0.3, 0.4) is 0 Å². The van der Waals surface area contributed by atoms with E-state index < -0.39 is 0 Å². The molecule has 1 fully saturated rings. The van der Waals surface area contributed by atoms with Crippen molar-refractivity contribution in [3.63, 3.8) is 0 Å². The molecule has 0 bridgehead atoms. The lowest BCUT2D eigenvalue weighted by molar-refractivity contribution is 0.229. The Balaban J connectivity index is 2.03. The van der Waals surface area contributed by atoms with Gasteiger partial charge >= 0.3 is 0 Å². The van der Waals surface area contributed by atoms with Crippen LogP contribution in [0, 0.1) is 0 Å². The first-order valence-electron chi connectivity index (χ1n) is 5.10. The van der Waals surface area contributed by atoms with Crippen LogP contribution >= 0.6 is 11.8 Å². The standard InChI is InChI=1S/C11H16N2S/c1-10(11-4-2-3-5-12-11)13-6-8-14-9-7-13/h2-5,10H,6-9H2,1H3. The van der Waals surface area contributed by atoms with Crippen LogP contribution in [0.4, 0.5) is 0 Å². The molecular weight excluding hydrogens is 192 g/mol. The fourth-order valence-corrected chi connectivity index (χ4v) is 2.71. The van der Waals surface area contributed by atoms with E-state index in [0.717, 1.165) is 0 Å². The number of aromatic nitrogens is 1. The van der Waals surface area contributed by atoms with Crippen molar-refractivity contribution in [1.82, 2.24) is 9.88 Å². The van der Waals surface area contributed by atoms with E-state index in [-0.39, 0.29) is 0 Å². The molecule has 2 nitrogen and oxygen atoms in total. The van der Waals surface area contributed by atoms with E-state index in [1.807, 2.05) is 24.0 Å². The van der Waals surface area contributed by atoms with Crippen molar-refractivity contribution in [3.8, 4) is 0 Å². The van der Waals surface area contributed by atoms with Gasteiger partial charge in [-0.25, -0.2) is 0 Å². The fourth-order valence-electron chi connectivity index (χ4n) is 1.77. The zero-order valence-electron chi connectivity index (χ0n) is 8.52. The van der Waals surface area contributed by atoms with Gasteiger partial charge in [0.15, 0.2) is 0 Å². The summed E-state index contributed by atoms with van der Waals surface area (Å²) in [6.45, 7) is 4.64. The van der Waals surface area contributed by atoms with Crippen molar-refractivity contribution in [1.29, 1.82) is 0 Å². The summed E-state index contributed by atoms with van der Waals surface area (Å²) in [6, 6.07) is 6.63. The van der Waals surface area contributed by atoms with E-state index in [1.54, 1.807) is 0 Å². The third-order valence-corrected chi connectivity index (χ3v) is 3.65. The van der Waals surface area contributed by atoms with Gasteiger partial charge in [-0.15, -0.1) is 0 Å². The van der Waals surface area contributed by atoms with Gasteiger partial charge in [-0.2, -0.15) is 11.8 Å². The fraction of sp³-hybridized carbons (Fsp3) is 0.545. The molecule has 3 heteroatoms. The lowest BCUT2D eigenvalue weighted by Crippen LogP contribution is -2.35. The van der Waals surface area contributed by atoms with E-state index in [2.05, 4.69) is 28.9 Å².